The first-order chi connectivity index (χ1) is 9.58. The van der Waals surface area contributed by atoms with Crippen LogP contribution in [0.2, 0.25) is 0 Å². The predicted octanol–water partition coefficient (Wildman–Crippen LogP) is 3.99. The van der Waals surface area contributed by atoms with Gasteiger partial charge in [-0.2, -0.15) is 0 Å². The van der Waals surface area contributed by atoms with Gasteiger partial charge in [-0.1, -0.05) is 18.2 Å². The van der Waals surface area contributed by atoms with Crippen LogP contribution in [0.4, 0.5) is 15.8 Å². The van der Waals surface area contributed by atoms with E-state index in [4.69, 9.17) is 0 Å². The van der Waals surface area contributed by atoms with Crippen molar-refractivity contribution in [2.45, 2.75) is 6.42 Å². The summed E-state index contributed by atoms with van der Waals surface area (Å²) in [5, 5.41) is 13.8. The molecule has 6 heteroatoms. The van der Waals surface area contributed by atoms with Crippen molar-refractivity contribution in [2.75, 3.05) is 11.9 Å². The molecule has 0 aromatic heterocycles. The Morgan fingerprint density at radius 1 is 1.25 bits per heavy atom. The van der Waals surface area contributed by atoms with Crippen LogP contribution < -0.4 is 5.32 Å². The summed E-state index contributed by atoms with van der Waals surface area (Å²) in [5.74, 6) is -0.215. The number of non-ortho nitro benzene ring substituents is 1. The number of hydrogen-bond donors (Lipinski definition) is 1. The van der Waals surface area contributed by atoms with Gasteiger partial charge < -0.3 is 5.32 Å². The number of benzene rings is 2. The molecular weight excluding hydrogens is 374 g/mol. The highest BCUT2D eigenvalue weighted by Gasteiger charge is 2.08. The van der Waals surface area contributed by atoms with Gasteiger partial charge in [0.1, 0.15) is 5.82 Å². The standard InChI is InChI=1S/C14H12FIN2O2/c15-12-4-2-1-3-10(12)7-8-17-14-6-5-11(18(19)20)9-13(14)16/h1-6,9,17H,7-8H2. The second-order valence-corrected chi connectivity index (χ2v) is 5.35. The Bertz CT molecular complexity index is 634. The highest BCUT2D eigenvalue weighted by molar-refractivity contribution is 14.1. The highest BCUT2D eigenvalue weighted by atomic mass is 127. The summed E-state index contributed by atoms with van der Waals surface area (Å²) in [6.07, 6.45) is 0.555. The summed E-state index contributed by atoms with van der Waals surface area (Å²) in [4.78, 5) is 10.2. The van der Waals surface area contributed by atoms with Crippen LogP contribution in [0.15, 0.2) is 42.5 Å². The first kappa shape index (κ1) is 14.7. The molecule has 2 aromatic carbocycles. The zero-order valence-electron chi connectivity index (χ0n) is 10.5. The first-order valence-electron chi connectivity index (χ1n) is 5.99. The van der Waals surface area contributed by atoms with Crippen LogP contribution in [-0.4, -0.2) is 11.5 Å². The van der Waals surface area contributed by atoms with Gasteiger partial charge in [0.25, 0.3) is 5.69 Å². The Balaban J connectivity index is 1.98. The minimum absolute atomic E-state index is 0.0639. The van der Waals surface area contributed by atoms with E-state index in [2.05, 4.69) is 5.32 Å². The van der Waals surface area contributed by atoms with Gasteiger partial charge in [-0.25, -0.2) is 4.39 Å². The lowest BCUT2D eigenvalue weighted by atomic mass is 10.1. The Morgan fingerprint density at radius 3 is 2.65 bits per heavy atom. The van der Waals surface area contributed by atoms with Crippen molar-refractivity contribution in [1.82, 2.24) is 0 Å². The summed E-state index contributed by atoms with van der Waals surface area (Å²) in [5.41, 5.74) is 1.53. The maximum absolute atomic E-state index is 13.4. The number of halogens is 2. The van der Waals surface area contributed by atoms with Crippen molar-refractivity contribution >= 4 is 34.0 Å². The monoisotopic (exact) mass is 386 g/mol. The third-order valence-corrected chi connectivity index (χ3v) is 3.72. The fourth-order valence-corrected chi connectivity index (χ4v) is 2.48. The van der Waals surface area contributed by atoms with E-state index in [9.17, 15) is 14.5 Å². The van der Waals surface area contributed by atoms with Crippen LogP contribution in [0.3, 0.4) is 0 Å². The Labute approximate surface area is 129 Å². The van der Waals surface area contributed by atoms with E-state index in [0.717, 1.165) is 9.26 Å². The Morgan fingerprint density at radius 2 is 2.00 bits per heavy atom. The number of nitrogens with zero attached hydrogens (tertiary/aromatic N) is 1. The molecule has 0 spiro atoms. The van der Waals surface area contributed by atoms with Crippen molar-refractivity contribution in [3.63, 3.8) is 0 Å². The van der Waals surface area contributed by atoms with Gasteiger partial charge in [-0.05, 0) is 46.7 Å². The minimum Gasteiger partial charge on any atom is -0.384 e. The second-order valence-electron chi connectivity index (χ2n) is 4.19. The summed E-state index contributed by atoms with van der Waals surface area (Å²) < 4.78 is 14.2. The smallest absolute Gasteiger partial charge is 0.270 e. The fraction of sp³-hybridized carbons (Fsp3) is 0.143. The topological polar surface area (TPSA) is 55.2 Å². The molecule has 0 bridgehead atoms. The van der Waals surface area contributed by atoms with Crippen molar-refractivity contribution < 1.29 is 9.31 Å². The maximum Gasteiger partial charge on any atom is 0.270 e. The second kappa shape index (κ2) is 6.65. The van der Waals surface area contributed by atoms with Gasteiger partial charge in [-0.15, -0.1) is 0 Å². The van der Waals surface area contributed by atoms with E-state index in [0.29, 0.717) is 18.5 Å². The summed E-state index contributed by atoms with van der Waals surface area (Å²) in [6.45, 7) is 0.564. The largest absolute Gasteiger partial charge is 0.384 e. The zero-order valence-corrected chi connectivity index (χ0v) is 12.6. The molecule has 2 rings (SSSR count). The third-order valence-electron chi connectivity index (χ3n) is 2.83. The van der Waals surface area contributed by atoms with E-state index in [-0.39, 0.29) is 11.5 Å². The molecule has 4 nitrogen and oxygen atoms in total. The van der Waals surface area contributed by atoms with Crippen LogP contribution in [-0.2, 0) is 6.42 Å². The molecule has 1 N–H and O–H groups in total. The Kier molecular flexibility index (Phi) is 4.89. The van der Waals surface area contributed by atoms with Crippen molar-refractivity contribution in [3.05, 3.63) is 67.5 Å². The zero-order chi connectivity index (χ0) is 14.5. The number of nitrogens with one attached hydrogen (secondary N) is 1. The van der Waals surface area contributed by atoms with Gasteiger partial charge in [0, 0.05) is 27.9 Å². The number of anilines is 1. The van der Waals surface area contributed by atoms with Crippen LogP contribution in [0, 0.1) is 19.5 Å². The summed E-state index contributed by atoms with van der Waals surface area (Å²) in [6, 6.07) is 11.3. The van der Waals surface area contributed by atoms with Gasteiger partial charge in [0.15, 0.2) is 0 Å². The van der Waals surface area contributed by atoms with Crippen LogP contribution >= 0.6 is 22.6 Å². The van der Waals surface area contributed by atoms with Crippen LogP contribution in [0.5, 0.6) is 0 Å². The molecule has 0 fully saturated rings. The molecule has 104 valence electrons. The lowest BCUT2D eigenvalue weighted by Crippen LogP contribution is -2.07. The summed E-state index contributed by atoms with van der Waals surface area (Å²) in [7, 11) is 0. The molecule has 0 saturated heterocycles. The SMILES string of the molecule is O=[N+]([O-])c1ccc(NCCc2ccccc2F)c(I)c1. The van der Waals surface area contributed by atoms with Crippen LogP contribution in [0.25, 0.3) is 0 Å². The molecule has 0 heterocycles. The number of hydrogen-bond acceptors (Lipinski definition) is 3. The molecule has 0 unspecified atom stereocenters. The van der Waals surface area contributed by atoms with Crippen molar-refractivity contribution in [2.24, 2.45) is 0 Å². The van der Waals surface area contributed by atoms with Gasteiger partial charge in [0.05, 0.1) is 4.92 Å². The summed E-state index contributed by atoms with van der Waals surface area (Å²) >= 11 is 2.04. The predicted molar refractivity (Wildman–Crippen MR) is 84.4 cm³/mol. The van der Waals surface area contributed by atoms with E-state index in [1.54, 1.807) is 24.3 Å². The number of nitro benzene ring substituents is 1. The molecule has 0 aliphatic rings. The van der Waals surface area contributed by atoms with E-state index >= 15 is 0 Å². The van der Waals surface area contributed by atoms with Gasteiger partial charge in [-0.3, -0.25) is 10.1 Å². The van der Waals surface area contributed by atoms with E-state index in [1.807, 2.05) is 22.6 Å². The molecule has 2 aromatic rings. The van der Waals surface area contributed by atoms with Gasteiger partial charge >= 0.3 is 0 Å². The maximum atomic E-state index is 13.4. The quantitative estimate of drug-likeness (QED) is 0.480. The fourth-order valence-electron chi connectivity index (χ4n) is 1.79. The third kappa shape index (κ3) is 3.66. The average Bonchev–Trinajstić information content (AvgIpc) is 2.42. The van der Waals surface area contributed by atoms with Gasteiger partial charge in [0.2, 0.25) is 0 Å². The highest BCUT2D eigenvalue weighted by Crippen LogP contribution is 2.23. The number of rotatable bonds is 5. The normalized spacial score (nSPS) is 10.3. The molecule has 20 heavy (non-hydrogen) atoms. The minimum atomic E-state index is -0.425. The molecule has 0 amide bonds. The van der Waals surface area contributed by atoms with E-state index < -0.39 is 4.92 Å². The molecular formula is C14H12FIN2O2. The van der Waals surface area contributed by atoms with E-state index in [1.165, 1.54) is 18.2 Å². The first-order valence-corrected chi connectivity index (χ1v) is 7.07. The van der Waals surface area contributed by atoms with Crippen LogP contribution in [0.1, 0.15) is 5.56 Å². The average molecular weight is 386 g/mol. The lowest BCUT2D eigenvalue weighted by Gasteiger charge is -2.09. The molecule has 0 saturated carbocycles. The lowest BCUT2D eigenvalue weighted by molar-refractivity contribution is -0.384. The molecule has 0 radical (unpaired) electrons. The number of nitro groups is 1. The Hall–Kier alpha value is -1.70. The van der Waals surface area contributed by atoms with Crippen molar-refractivity contribution in [1.29, 1.82) is 0 Å². The van der Waals surface area contributed by atoms with Crippen molar-refractivity contribution in [3.8, 4) is 0 Å². The molecule has 0 aliphatic carbocycles. The molecule has 0 atom stereocenters. The molecule has 0 aliphatic heterocycles.